The first-order chi connectivity index (χ1) is 12.2. The zero-order chi connectivity index (χ0) is 19.4. The summed E-state index contributed by atoms with van der Waals surface area (Å²) < 4.78 is 10.4. The fraction of sp³-hybridized carbons (Fsp3) is 0.250. The van der Waals surface area contributed by atoms with Crippen LogP contribution in [0, 0.1) is 0 Å². The van der Waals surface area contributed by atoms with E-state index in [9.17, 15) is 19.2 Å². The van der Waals surface area contributed by atoms with E-state index in [1.54, 1.807) is 0 Å². The SMILES string of the molecule is C=C1Oc2cc(OC)cc(C(=O)SC[C@H](NC(C)=O)C(=O)O)c2NC1=O. The van der Waals surface area contributed by atoms with Gasteiger partial charge in [0.25, 0.3) is 5.91 Å². The van der Waals surface area contributed by atoms with Gasteiger partial charge in [-0.1, -0.05) is 18.3 Å². The molecule has 0 radical (unpaired) electrons. The van der Waals surface area contributed by atoms with E-state index in [1.165, 1.54) is 26.2 Å². The van der Waals surface area contributed by atoms with Crippen molar-refractivity contribution >= 4 is 40.3 Å². The quantitative estimate of drug-likeness (QED) is 0.623. The summed E-state index contributed by atoms with van der Waals surface area (Å²) in [5, 5.41) is 13.3. The highest BCUT2D eigenvalue weighted by atomic mass is 32.2. The van der Waals surface area contributed by atoms with Gasteiger partial charge in [0, 0.05) is 18.7 Å². The first-order valence-electron chi connectivity index (χ1n) is 7.30. The second-order valence-electron chi connectivity index (χ2n) is 5.22. The maximum atomic E-state index is 12.6. The molecule has 1 aromatic rings. The minimum Gasteiger partial charge on any atom is -0.497 e. The van der Waals surface area contributed by atoms with Crippen molar-refractivity contribution in [3.8, 4) is 11.5 Å². The van der Waals surface area contributed by atoms with E-state index in [1.807, 2.05) is 0 Å². The molecule has 0 unspecified atom stereocenters. The van der Waals surface area contributed by atoms with E-state index in [0.29, 0.717) is 17.5 Å². The summed E-state index contributed by atoms with van der Waals surface area (Å²) in [6, 6.07) is 1.66. The Kier molecular flexibility index (Phi) is 5.88. The topological polar surface area (TPSA) is 131 Å². The summed E-state index contributed by atoms with van der Waals surface area (Å²) in [6.45, 7) is 4.64. The molecular weight excluding hydrogens is 364 g/mol. The number of hydrogen-bond donors (Lipinski definition) is 3. The van der Waals surface area contributed by atoms with Gasteiger partial charge in [0.15, 0.2) is 11.5 Å². The number of benzene rings is 1. The lowest BCUT2D eigenvalue weighted by Gasteiger charge is -2.22. The van der Waals surface area contributed by atoms with Gasteiger partial charge >= 0.3 is 5.97 Å². The van der Waals surface area contributed by atoms with Crippen LogP contribution in [0.5, 0.6) is 11.5 Å². The van der Waals surface area contributed by atoms with Crippen LogP contribution in [-0.2, 0) is 14.4 Å². The van der Waals surface area contributed by atoms with Crippen LogP contribution in [0.15, 0.2) is 24.5 Å². The number of carbonyl (C=O) groups excluding carboxylic acids is 3. The molecule has 3 N–H and O–H groups in total. The Bertz CT molecular complexity index is 806. The molecule has 0 fully saturated rings. The van der Waals surface area contributed by atoms with Gasteiger partial charge in [-0.15, -0.1) is 0 Å². The molecule has 26 heavy (non-hydrogen) atoms. The average molecular weight is 380 g/mol. The Labute approximate surface area is 152 Å². The van der Waals surface area contributed by atoms with Crippen LogP contribution in [-0.4, -0.2) is 46.9 Å². The summed E-state index contributed by atoms with van der Waals surface area (Å²) in [5.41, 5.74) is 0.226. The Hall–Kier alpha value is -3.01. The third kappa shape index (κ3) is 4.33. The van der Waals surface area contributed by atoms with E-state index >= 15 is 0 Å². The molecule has 1 atom stereocenters. The third-order valence-electron chi connectivity index (χ3n) is 3.31. The molecule has 138 valence electrons. The number of nitrogens with one attached hydrogen (secondary N) is 2. The number of rotatable bonds is 6. The monoisotopic (exact) mass is 380 g/mol. The van der Waals surface area contributed by atoms with E-state index in [-0.39, 0.29) is 28.5 Å². The van der Waals surface area contributed by atoms with Crippen molar-refractivity contribution in [3.63, 3.8) is 0 Å². The van der Waals surface area contributed by atoms with Crippen LogP contribution < -0.4 is 20.1 Å². The highest BCUT2D eigenvalue weighted by molar-refractivity contribution is 8.14. The number of fused-ring (bicyclic) bond motifs is 1. The number of thioether (sulfide) groups is 1. The Morgan fingerprint density at radius 2 is 2.12 bits per heavy atom. The molecule has 0 bridgehead atoms. The van der Waals surface area contributed by atoms with Gasteiger partial charge in [-0.3, -0.25) is 14.4 Å². The minimum atomic E-state index is -1.26. The second kappa shape index (κ2) is 7.91. The van der Waals surface area contributed by atoms with Crippen molar-refractivity contribution < 1.29 is 33.8 Å². The second-order valence-corrected chi connectivity index (χ2v) is 6.21. The summed E-state index contributed by atoms with van der Waals surface area (Å²) >= 11 is 0.683. The Morgan fingerprint density at radius 3 is 2.69 bits per heavy atom. The van der Waals surface area contributed by atoms with Crippen molar-refractivity contribution in [1.82, 2.24) is 5.32 Å². The predicted octanol–water partition coefficient (Wildman–Crippen LogP) is 1.00. The fourth-order valence-electron chi connectivity index (χ4n) is 2.10. The zero-order valence-corrected chi connectivity index (χ0v) is 14.8. The molecule has 0 aliphatic carbocycles. The molecule has 1 aliphatic heterocycles. The van der Waals surface area contributed by atoms with E-state index in [2.05, 4.69) is 17.2 Å². The van der Waals surface area contributed by atoms with Gasteiger partial charge < -0.3 is 25.2 Å². The van der Waals surface area contributed by atoms with Crippen LogP contribution in [0.2, 0.25) is 0 Å². The van der Waals surface area contributed by atoms with Gasteiger partial charge in [-0.25, -0.2) is 4.79 Å². The van der Waals surface area contributed by atoms with Crippen molar-refractivity contribution in [2.45, 2.75) is 13.0 Å². The molecule has 0 saturated carbocycles. The third-order valence-corrected chi connectivity index (χ3v) is 4.30. The molecule has 2 rings (SSSR count). The van der Waals surface area contributed by atoms with Crippen molar-refractivity contribution in [1.29, 1.82) is 0 Å². The van der Waals surface area contributed by atoms with Crippen molar-refractivity contribution in [2.75, 3.05) is 18.2 Å². The number of hydrogen-bond acceptors (Lipinski definition) is 7. The van der Waals surface area contributed by atoms with Gasteiger partial charge in [-0.2, -0.15) is 0 Å². The zero-order valence-electron chi connectivity index (χ0n) is 14.0. The van der Waals surface area contributed by atoms with E-state index < -0.39 is 28.9 Å². The molecular formula is C16H16N2O7S. The molecule has 1 heterocycles. The van der Waals surface area contributed by atoms with E-state index in [4.69, 9.17) is 14.6 Å². The largest absolute Gasteiger partial charge is 0.497 e. The molecule has 0 aromatic heterocycles. The van der Waals surface area contributed by atoms with Gasteiger partial charge in [0.2, 0.25) is 11.0 Å². The standard InChI is InChI=1S/C16H16N2O7S/c1-7-14(20)18-13-10(4-9(24-3)5-12(13)25-7)16(23)26-6-11(15(21)22)17-8(2)19/h4-5,11H,1,6H2,2-3H3,(H,17,19)(H,18,20)(H,21,22)/t11-/m0/s1. The average Bonchev–Trinajstić information content (AvgIpc) is 2.57. The summed E-state index contributed by atoms with van der Waals surface area (Å²) in [4.78, 5) is 46.5. The van der Waals surface area contributed by atoms with Gasteiger partial charge in [0.05, 0.1) is 18.4 Å². The maximum Gasteiger partial charge on any atom is 0.327 e. The van der Waals surface area contributed by atoms with Crippen LogP contribution in [0.1, 0.15) is 17.3 Å². The Morgan fingerprint density at radius 1 is 1.42 bits per heavy atom. The molecule has 1 aliphatic rings. The summed E-state index contributed by atoms with van der Waals surface area (Å²) in [5.74, 6) is -2.20. The number of anilines is 1. The predicted molar refractivity (Wildman–Crippen MR) is 93.4 cm³/mol. The lowest BCUT2D eigenvalue weighted by Crippen LogP contribution is -2.41. The first-order valence-corrected chi connectivity index (χ1v) is 8.28. The maximum absolute atomic E-state index is 12.6. The van der Waals surface area contributed by atoms with Crippen LogP contribution >= 0.6 is 11.8 Å². The molecule has 10 heteroatoms. The van der Waals surface area contributed by atoms with Crippen molar-refractivity contribution in [3.05, 3.63) is 30.0 Å². The van der Waals surface area contributed by atoms with E-state index in [0.717, 1.165) is 0 Å². The number of carboxylic acids is 1. The minimum absolute atomic E-state index is 0.0807. The molecule has 0 saturated heterocycles. The molecule has 2 amide bonds. The first kappa shape index (κ1) is 19.3. The highest BCUT2D eigenvalue weighted by Gasteiger charge is 2.28. The molecule has 1 aromatic carbocycles. The summed E-state index contributed by atoms with van der Waals surface area (Å²) in [7, 11) is 1.40. The normalized spacial score (nSPS) is 13.8. The lowest BCUT2D eigenvalue weighted by atomic mass is 10.1. The molecule has 9 nitrogen and oxygen atoms in total. The number of carboxylic acid groups (broad SMARTS) is 1. The number of carbonyl (C=O) groups is 4. The van der Waals surface area contributed by atoms with Gasteiger partial charge in [0.1, 0.15) is 11.8 Å². The smallest absolute Gasteiger partial charge is 0.327 e. The number of amides is 2. The fourth-order valence-corrected chi connectivity index (χ4v) is 2.96. The Balaban J connectivity index is 2.26. The van der Waals surface area contributed by atoms with Crippen LogP contribution in [0.25, 0.3) is 0 Å². The van der Waals surface area contributed by atoms with Crippen LogP contribution in [0.3, 0.4) is 0 Å². The van der Waals surface area contributed by atoms with Crippen LogP contribution in [0.4, 0.5) is 5.69 Å². The molecule has 0 spiro atoms. The number of ether oxygens (including phenoxy) is 2. The highest BCUT2D eigenvalue weighted by Crippen LogP contribution is 2.39. The lowest BCUT2D eigenvalue weighted by molar-refractivity contribution is -0.140. The summed E-state index contributed by atoms with van der Waals surface area (Å²) in [6.07, 6.45) is 0. The van der Waals surface area contributed by atoms with Crippen molar-refractivity contribution in [2.24, 2.45) is 0 Å². The number of aliphatic carboxylic acids is 1. The number of methoxy groups -OCH3 is 1. The van der Waals surface area contributed by atoms with Gasteiger partial charge in [-0.05, 0) is 6.07 Å².